The van der Waals surface area contributed by atoms with Crippen LogP contribution in [0.5, 0.6) is 0 Å². The number of rotatable bonds is 4. The third kappa shape index (κ3) is 4.13. The fourth-order valence-electron chi connectivity index (χ4n) is 2.20. The van der Waals surface area contributed by atoms with Crippen LogP contribution in [0.4, 0.5) is 15.8 Å². The second-order valence-corrected chi connectivity index (χ2v) is 7.82. The summed E-state index contributed by atoms with van der Waals surface area (Å²) >= 11 is 2.02. The fraction of sp³-hybridized carbons (Fsp3) is 0.222. The number of fused-ring (bicyclic) bond motifs is 1. The second-order valence-electron chi connectivity index (χ2n) is 6.57. The minimum atomic E-state index is -0.579. The Morgan fingerprint density at radius 1 is 1.31 bits per heavy atom. The minimum Gasteiger partial charge on any atom is -0.448 e. The first-order valence-corrected chi connectivity index (χ1v) is 8.89. The molecule has 0 aliphatic carbocycles. The van der Waals surface area contributed by atoms with Gasteiger partial charge in [0.2, 0.25) is 5.76 Å². The topological polar surface area (TPSA) is 76.4 Å². The van der Waals surface area contributed by atoms with Gasteiger partial charge in [0.05, 0.1) is 16.7 Å². The maximum Gasteiger partial charge on any atom is 0.312 e. The van der Waals surface area contributed by atoms with Crippen LogP contribution >= 0.6 is 22.6 Å². The van der Waals surface area contributed by atoms with Crippen molar-refractivity contribution in [2.45, 2.75) is 26.4 Å². The van der Waals surface area contributed by atoms with Gasteiger partial charge in [-0.1, -0.05) is 0 Å². The van der Waals surface area contributed by atoms with Crippen LogP contribution in [0.3, 0.4) is 0 Å². The predicted molar refractivity (Wildman–Crippen MR) is 105 cm³/mol. The van der Waals surface area contributed by atoms with E-state index in [4.69, 9.17) is 9.25 Å². The molecule has 0 bridgehead atoms. The first-order valence-electron chi connectivity index (χ1n) is 7.81. The Kier molecular flexibility index (Phi) is 5.15. The van der Waals surface area contributed by atoms with Gasteiger partial charge in [-0.2, -0.15) is 0 Å². The molecule has 2 aromatic heterocycles. The smallest absolute Gasteiger partial charge is 0.312 e. The maximum atomic E-state index is 14.2. The van der Waals surface area contributed by atoms with E-state index in [-0.39, 0.29) is 11.4 Å². The highest BCUT2D eigenvalue weighted by Crippen LogP contribution is 2.33. The van der Waals surface area contributed by atoms with Crippen molar-refractivity contribution in [3.8, 4) is 0 Å². The Hall–Kier alpha value is -2.20. The molecule has 136 valence electrons. The van der Waals surface area contributed by atoms with E-state index in [0.29, 0.717) is 16.7 Å². The summed E-state index contributed by atoms with van der Waals surface area (Å²) in [6.07, 6.45) is 3.10. The molecule has 0 unspecified atom stereocenters. The zero-order valence-electron chi connectivity index (χ0n) is 14.4. The lowest BCUT2D eigenvalue weighted by Gasteiger charge is -2.18. The van der Waals surface area contributed by atoms with E-state index in [1.54, 1.807) is 51.4 Å². The summed E-state index contributed by atoms with van der Waals surface area (Å²) in [4.78, 5) is 21.9. The Labute approximate surface area is 163 Å². The number of hydrogen-bond acceptors (Lipinski definition) is 5. The first kappa shape index (κ1) is 18.6. The lowest BCUT2D eigenvalue weighted by Crippen LogP contribution is -2.33. The number of nitrogens with zero attached hydrogens (tertiary/aromatic N) is 1. The summed E-state index contributed by atoms with van der Waals surface area (Å²) in [5.74, 6) is -1.04. The van der Waals surface area contributed by atoms with Gasteiger partial charge in [-0.3, -0.25) is 14.6 Å². The molecule has 2 N–H and O–H groups in total. The Balaban J connectivity index is 2.00. The number of benzene rings is 1. The number of carbonyl (C=O) groups is 1. The molecular weight excluding hydrogens is 452 g/mol. The van der Waals surface area contributed by atoms with Gasteiger partial charge in [0.25, 0.3) is 0 Å². The highest BCUT2D eigenvalue weighted by Gasteiger charge is 2.23. The third-order valence-corrected chi connectivity index (χ3v) is 4.01. The average molecular weight is 469 g/mol. The highest BCUT2D eigenvalue weighted by atomic mass is 127. The molecule has 8 heteroatoms. The largest absolute Gasteiger partial charge is 0.448 e. The van der Waals surface area contributed by atoms with Gasteiger partial charge in [-0.05, 0) is 67.6 Å². The zero-order valence-corrected chi connectivity index (χ0v) is 16.5. The van der Waals surface area contributed by atoms with Crippen molar-refractivity contribution in [1.82, 2.24) is 10.5 Å². The van der Waals surface area contributed by atoms with Crippen LogP contribution < -0.4 is 10.8 Å². The van der Waals surface area contributed by atoms with E-state index in [1.807, 2.05) is 22.6 Å². The normalized spacial score (nSPS) is 11.6. The summed E-state index contributed by atoms with van der Waals surface area (Å²) in [5, 5.41) is 3.50. The molecule has 0 aliphatic heterocycles. The minimum absolute atomic E-state index is 0.0183. The second kappa shape index (κ2) is 7.20. The number of carbonyl (C=O) groups excluding carboxylic acids is 1. The number of aromatic nitrogens is 1. The molecule has 0 atom stereocenters. The molecule has 0 fully saturated rings. The third-order valence-electron chi connectivity index (χ3n) is 3.34. The Bertz CT molecular complexity index is 966. The van der Waals surface area contributed by atoms with Gasteiger partial charge in [-0.25, -0.2) is 9.87 Å². The van der Waals surface area contributed by atoms with Gasteiger partial charge < -0.3 is 9.73 Å². The van der Waals surface area contributed by atoms with E-state index in [0.717, 1.165) is 3.57 Å². The van der Waals surface area contributed by atoms with Crippen molar-refractivity contribution in [3.63, 3.8) is 0 Å². The lowest BCUT2D eigenvalue weighted by molar-refractivity contribution is -0.0597. The number of nitrogens with one attached hydrogen (secondary N) is 2. The van der Waals surface area contributed by atoms with Gasteiger partial charge in [-0.15, -0.1) is 0 Å². The standard InChI is InChI=1S/C18H17FIN3O3/c1-18(2,3)26-23-17(24)16-15(11-9-21-7-6-14(11)25-16)22-13-5-4-10(20)8-12(13)19/h4-9,22H,1-3H3,(H,23,24). The van der Waals surface area contributed by atoms with E-state index in [1.165, 1.54) is 6.07 Å². The molecule has 2 heterocycles. The Morgan fingerprint density at radius 3 is 2.77 bits per heavy atom. The molecule has 1 aromatic carbocycles. The quantitative estimate of drug-likeness (QED) is 0.425. The summed E-state index contributed by atoms with van der Waals surface area (Å²) in [6.45, 7) is 5.40. The van der Waals surface area contributed by atoms with Crippen molar-refractivity contribution in [2.75, 3.05) is 5.32 Å². The van der Waals surface area contributed by atoms with Crippen LogP contribution in [0.15, 0.2) is 41.1 Å². The van der Waals surface area contributed by atoms with Crippen molar-refractivity contribution in [2.24, 2.45) is 0 Å². The van der Waals surface area contributed by atoms with E-state index >= 15 is 0 Å². The predicted octanol–water partition coefficient (Wildman–Crippen LogP) is 4.78. The van der Waals surface area contributed by atoms with Gasteiger partial charge in [0.1, 0.15) is 17.1 Å². The van der Waals surface area contributed by atoms with Crippen molar-refractivity contribution >= 4 is 50.8 Å². The van der Waals surface area contributed by atoms with Crippen LogP contribution in [0.1, 0.15) is 31.3 Å². The van der Waals surface area contributed by atoms with Crippen LogP contribution in [0, 0.1) is 9.39 Å². The van der Waals surface area contributed by atoms with E-state index in [9.17, 15) is 9.18 Å². The average Bonchev–Trinajstić information content (AvgIpc) is 2.93. The fourth-order valence-corrected chi connectivity index (χ4v) is 2.65. The summed E-state index contributed by atoms with van der Waals surface area (Å²) < 4.78 is 20.6. The summed E-state index contributed by atoms with van der Waals surface area (Å²) in [7, 11) is 0. The molecule has 3 rings (SSSR count). The number of halogens is 2. The van der Waals surface area contributed by atoms with Gasteiger partial charge in [0.15, 0.2) is 0 Å². The molecule has 26 heavy (non-hydrogen) atoms. The molecule has 1 amide bonds. The lowest BCUT2D eigenvalue weighted by atomic mass is 10.2. The van der Waals surface area contributed by atoms with Gasteiger partial charge in [0, 0.05) is 16.0 Å². The van der Waals surface area contributed by atoms with Crippen LogP contribution in [-0.4, -0.2) is 16.5 Å². The summed E-state index contributed by atoms with van der Waals surface area (Å²) in [5.41, 5.74) is 2.79. The molecule has 6 nitrogen and oxygen atoms in total. The molecule has 0 saturated carbocycles. The van der Waals surface area contributed by atoms with Crippen molar-refractivity contribution < 1.29 is 18.4 Å². The van der Waals surface area contributed by atoms with Crippen LogP contribution in [-0.2, 0) is 4.84 Å². The highest BCUT2D eigenvalue weighted by molar-refractivity contribution is 14.1. The Morgan fingerprint density at radius 2 is 2.08 bits per heavy atom. The van der Waals surface area contributed by atoms with E-state index < -0.39 is 17.3 Å². The van der Waals surface area contributed by atoms with Crippen LogP contribution in [0.2, 0.25) is 0 Å². The molecule has 0 saturated heterocycles. The maximum absolute atomic E-state index is 14.2. The first-order chi connectivity index (χ1) is 12.2. The number of anilines is 2. The molecule has 3 aromatic rings. The monoisotopic (exact) mass is 469 g/mol. The van der Waals surface area contributed by atoms with Crippen molar-refractivity contribution in [1.29, 1.82) is 0 Å². The van der Waals surface area contributed by atoms with Crippen molar-refractivity contribution in [3.05, 3.63) is 51.8 Å². The zero-order chi connectivity index (χ0) is 18.9. The molecule has 0 radical (unpaired) electrons. The number of pyridine rings is 1. The number of furan rings is 1. The SMILES string of the molecule is CC(C)(C)ONC(=O)c1oc2ccncc2c1Nc1ccc(I)cc1F. The van der Waals surface area contributed by atoms with Gasteiger partial charge >= 0.3 is 5.91 Å². The number of hydroxylamine groups is 1. The molecule has 0 aliphatic rings. The number of amides is 1. The van der Waals surface area contributed by atoms with Crippen LogP contribution in [0.25, 0.3) is 11.0 Å². The molecule has 0 spiro atoms. The number of hydrogen-bond donors (Lipinski definition) is 2. The molecular formula is C18H17FIN3O3. The summed E-state index contributed by atoms with van der Waals surface area (Å²) in [6, 6.07) is 6.38. The van der Waals surface area contributed by atoms with E-state index in [2.05, 4.69) is 15.8 Å².